The third kappa shape index (κ3) is 4.97. The van der Waals surface area contributed by atoms with Gasteiger partial charge in [0.15, 0.2) is 18.8 Å². The van der Waals surface area contributed by atoms with Crippen LogP contribution in [0.3, 0.4) is 0 Å². The summed E-state index contributed by atoms with van der Waals surface area (Å²) in [5.41, 5.74) is -1.95. The average molecular weight is 513 g/mol. The molecular formula is C25H18F3N3O6. The predicted molar refractivity (Wildman–Crippen MR) is 125 cm³/mol. The van der Waals surface area contributed by atoms with Crippen LogP contribution in [-0.2, 0) is 22.8 Å². The zero-order valence-corrected chi connectivity index (χ0v) is 19.5. The van der Waals surface area contributed by atoms with E-state index in [0.29, 0.717) is 26.2 Å². The number of benzene rings is 2. The summed E-state index contributed by atoms with van der Waals surface area (Å²) in [5, 5.41) is 4.40. The Bertz CT molecular complexity index is 1670. The molecule has 2 heterocycles. The number of carbonyl (C=O) groups is 1. The lowest BCUT2D eigenvalue weighted by Gasteiger charge is -2.14. The molecule has 0 saturated heterocycles. The molecule has 0 N–H and O–H groups in total. The van der Waals surface area contributed by atoms with E-state index < -0.39 is 35.7 Å². The minimum absolute atomic E-state index is 0.00344. The molecule has 0 amide bonds. The highest BCUT2D eigenvalue weighted by Gasteiger charge is 2.35. The van der Waals surface area contributed by atoms with Crippen molar-refractivity contribution < 1.29 is 32.0 Å². The molecule has 4 rings (SSSR count). The molecule has 9 nitrogen and oxygen atoms in total. The minimum atomic E-state index is -4.88. The van der Waals surface area contributed by atoms with Gasteiger partial charge in [-0.2, -0.15) is 13.2 Å². The first-order chi connectivity index (χ1) is 17.5. The molecule has 2 aromatic carbocycles. The summed E-state index contributed by atoms with van der Waals surface area (Å²) in [5.74, 6) is 1.76. The Kier molecular flexibility index (Phi) is 6.63. The molecule has 0 spiro atoms. The SMILES string of the molecule is C#CCOC(=O)COc1cc(C)ccc1-c1noc2ccc(-n3c(=O)cc(C(F)(F)F)n(C)c3=O)cc12. The number of halogens is 3. The molecule has 190 valence electrons. The van der Waals surface area contributed by atoms with Crippen molar-refractivity contribution in [1.29, 1.82) is 0 Å². The number of aromatic nitrogens is 3. The summed E-state index contributed by atoms with van der Waals surface area (Å²) in [6, 6.07) is 9.61. The van der Waals surface area contributed by atoms with E-state index in [4.69, 9.17) is 20.4 Å². The second kappa shape index (κ2) is 9.69. The molecule has 0 saturated carbocycles. The molecule has 0 atom stereocenters. The Morgan fingerprint density at radius 2 is 1.92 bits per heavy atom. The molecule has 0 unspecified atom stereocenters. The molecule has 0 bridgehead atoms. The number of nitrogens with zero attached hydrogens (tertiary/aromatic N) is 3. The monoisotopic (exact) mass is 513 g/mol. The van der Waals surface area contributed by atoms with Crippen LogP contribution < -0.4 is 16.0 Å². The van der Waals surface area contributed by atoms with Crippen molar-refractivity contribution in [2.24, 2.45) is 7.05 Å². The highest BCUT2D eigenvalue weighted by atomic mass is 19.4. The Balaban J connectivity index is 1.81. The fourth-order valence-corrected chi connectivity index (χ4v) is 3.64. The van der Waals surface area contributed by atoms with Crippen LogP contribution >= 0.6 is 0 Å². The summed E-state index contributed by atoms with van der Waals surface area (Å²) >= 11 is 0. The number of hydrogen-bond donors (Lipinski definition) is 0. The molecule has 2 aromatic heterocycles. The van der Waals surface area contributed by atoms with Gasteiger partial charge in [-0.15, -0.1) is 6.42 Å². The zero-order valence-electron chi connectivity index (χ0n) is 19.5. The van der Waals surface area contributed by atoms with Gasteiger partial charge in [0.05, 0.1) is 11.1 Å². The van der Waals surface area contributed by atoms with Crippen LogP contribution in [0.25, 0.3) is 27.9 Å². The van der Waals surface area contributed by atoms with Crippen molar-refractivity contribution in [1.82, 2.24) is 14.3 Å². The zero-order chi connectivity index (χ0) is 26.9. The molecule has 4 aromatic rings. The lowest BCUT2D eigenvalue weighted by atomic mass is 10.0. The molecule has 0 radical (unpaired) electrons. The van der Waals surface area contributed by atoms with Gasteiger partial charge in [0.2, 0.25) is 0 Å². The van der Waals surface area contributed by atoms with E-state index >= 15 is 0 Å². The standard InChI is InChI=1S/C25H18F3N3O6/c1-4-9-35-22(33)13-36-19-10-14(2)5-7-16(19)23-17-11-15(6-8-18(17)37-29-23)31-21(32)12-20(25(26,27)28)30(3)24(31)34/h1,5-8,10-12H,9,13H2,2-3H3. The number of rotatable bonds is 6. The highest BCUT2D eigenvalue weighted by Crippen LogP contribution is 2.36. The Hall–Kier alpha value is -4.79. The smallest absolute Gasteiger partial charge is 0.431 e. The second-order valence-corrected chi connectivity index (χ2v) is 7.91. The van der Waals surface area contributed by atoms with Crippen LogP contribution in [0.15, 0.2) is 56.6 Å². The molecule has 37 heavy (non-hydrogen) atoms. The predicted octanol–water partition coefficient (Wildman–Crippen LogP) is 3.23. The Morgan fingerprint density at radius 1 is 1.16 bits per heavy atom. The number of aryl methyl sites for hydroxylation is 1. The van der Waals surface area contributed by atoms with Gasteiger partial charge in [0.25, 0.3) is 5.56 Å². The van der Waals surface area contributed by atoms with Gasteiger partial charge in [-0.05, 0) is 42.8 Å². The van der Waals surface area contributed by atoms with Crippen molar-refractivity contribution in [3.63, 3.8) is 0 Å². The number of hydrogen-bond acceptors (Lipinski definition) is 7. The van der Waals surface area contributed by atoms with Crippen molar-refractivity contribution in [2.45, 2.75) is 13.1 Å². The van der Waals surface area contributed by atoms with Crippen molar-refractivity contribution >= 4 is 16.9 Å². The van der Waals surface area contributed by atoms with E-state index in [1.165, 1.54) is 18.2 Å². The van der Waals surface area contributed by atoms with Crippen molar-refractivity contribution in [3.8, 4) is 35.0 Å². The van der Waals surface area contributed by atoms with Crippen LogP contribution in [0.5, 0.6) is 5.75 Å². The van der Waals surface area contributed by atoms with E-state index in [-0.39, 0.29) is 29.3 Å². The van der Waals surface area contributed by atoms with Crippen LogP contribution in [0, 0.1) is 19.3 Å². The fraction of sp³-hybridized carbons (Fsp3) is 0.200. The molecule has 0 aliphatic rings. The summed E-state index contributed by atoms with van der Waals surface area (Å²) in [7, 11) is 0.926. The van der Waals surface area contributed by atoms with Crippen LogP contribution in [0.1, 0.15) is 11.3 Å². The quantitative estimate of drug-likeness (QED) is 0.288. The first-order valence-corrected chi connectivity index (χ1v) is 10.6. The number of esters is 1. The summed E-state index contributed by atoms with van der Waals surface area (Å²) in [4.78, 5) is 37.1. The fourth-order valence-electron chi connectivity index (χ4n) is 3.64. The number of terminal acetylenes is 1. The molecule has 0 aliphatic heterocycles. The van der Waals surface area contributed by atoms with E-state index in [1.54, 1.807) is 25.1 Å². The van der Waals surface area contributed by atoms with Gasteiger partial charge >= 0.3 is 17.8 Å². The maximum absolute atomic E-state index is 13.2. The maximum Gasteiger partial charge on any atom is 0.431 e. The van der Waals surface area contributed by atoms with Crippen LogP contribution in [0.2, 0.25) is 0 Å². The first-order valence-electron chi connectivity index (χ1n) is 10.6. The summed E-state index contributed by atoms with van der Waals surface area (Å²) in [6.45, 7) is 1.16. The molecule has 0 aliphatic carbocycles. The summed E-state index contributed by atoms with van der Waals surface area (Å²) < 4.78 is 56.4. The van der Waals surface area contributed by atoms with Crippen LogP contribution in [-0.4, -0.2) is 33.5 Å². The van der Waals surface area contributed by atoms with E-state index in [2.05, 4.69) is 11.1 Å². The van der Waals surface area contributed by atoms with Crippen LogP contribution in [0.4, 0.5) is 13.2 Å². The van der Waals surface area contributed by atoms with Crippen molar-refractivity contribution in [3.05, 3.63) is 74.6 Å². The number of carbonyl (C=O) groups excluding carboxylic acids is 1. The third-order valence-corrected chi connectivity index (χ3v) is 5.38. The first kappa shape index (κ1) is 25.3. The largest absolute Gasteiger partial charge is 0.481 e. The Labute approximate surface area is 206 Å². The van der Waals surface area contributed by atoms with Crippen molar-refractivity contribution in [2.75, 3.05) is 13.2 Å². The van der Waals surface area contributed by atoms with Gasteiger partial charge in [-0.25, -0.2) is 14.2 Å². The Morgan fingerprint density at radius 3 is 2.62 bits per heavy atom. The normalized spacial score (nSPS) is 11.4. The lowest BCUT2D eigenvalue weighted by Crippen LogP contribution is -2.40. The molecule has 12 heteroatoms. The van der Waals surface area contributed by atoms with E-state index in [9.17, 15) is 27.6 Å². The molecular weight excluding hydrogens is 495 g/mol. The third-order valence-electron chi connectivity index (χ3n) is 5.38. The second-order valence-electron chi connectivity index (χ2n) is 7.91. The number of alkyl halides is 3. The van der Waals surface area contributed by atoms with Gasteiger partial charge in [0.1, 0.15) is 17.1 Å². The number of ether oxygens (including phenoxy) is 2. The maximum atomic E-state index is 13.2. The summed E-state index contributed by atoms with van der Waals surface area (Å²) in [6.07, 6.45) is 0.192. The van der Waals surface area contributed by atoms with Gasteiger partial charge in [0, 0.05) is 18.7 Å². The lowest BCUT2D eigenvalue weighted by molar-refractivity contribution is -0.145. The number of fused-ring (bicyclic) bond motifs is 1. The average Bonchev–Trinajstić information content (AvgIpc) is 3.26. The van der Waals surface area contributed by atoms with Gasteiger partial charge < -0.3 is 14.0 Å². The highest BCUT2D eigenvalue weighted by molar-refractivity contribution is 5.94. The van der Waals surface area contributed by atoms with E-state index in [1.807, 2.05) is 0 Å². The van der Waals surface area contributed by atoms with E-state index in [0.717, 1.165) is 12.6 Å². The van der Waals surface area contributed by atoms with Gasteiger partial charge in [-0.3, -0.25) is 9.36 Å². The topological polar surface area (TPSA) is 106 Å². The minimum Gasteiger partial charge on any atom is -0.481 e. The molecule has 0 fully saturated rings. The van der Waals surface area contributed by atoms with Gasteiger partial charge in [-0.1, -0.05) is 17.1 Å².